The predicted molar refractivity (Wildman–Crippen MR) is 36.9 cm³/mol. The van der Waals surface area contributed by atoms with Gasteiger partial charge >= 0.3 is 5.70 Å². The van der Waals surface area contributed by atoms with E-state index in [0.29, 0.717) is 0 Å². The molecule has 4 heteroatoms. The van der Waals surface area contributed by atoms with Gasteiger partial charge in [-0.3, -0.25) is 10.1 Å². The summed E-state index contributed by atoms with van der Waals surface area (Å²) in [7, 11) is 1.34. The Hall–Kier alpha value is -1.32. The Morgan fingerprint density at radius 3 is 2.40 bits per heavy atom. The number of hydrogen-bond donors (Lipinski definition) is 0. The van der Waals surface area contributed by atoms with Gasteiger partial charge in [0.15, 0.2) is 5.76 Å². The van der Waals surface area contributed by atoms with E-state index in [1.165, 1.54) is 13.2 Å². The normalized spacial score (nSPS) is 10.8. The minimum atomic E-state index is -0.536. The van der Waals surface area contributed by atoms with Gasteiger partial charge in [-0.2, -0.15) is 0 Å². The van der Waals surface area contributed by atoms with E-state index in [0.717, 1.165) is 0 Å². The van der Waals surface area contributed by atoms with Crippen LogP contribution in [0.2, 0.25) is 0 Å². The Morgan fingerprint density at radius 1 is 1.80 bits per heavy atom. The van der Waals surface area contributed by atoms with Crippen LogP contribution in [0.3, 0.4) is 0 Å². The lowest BCUT2D eigenvalue weighted by Gasteiger charge is -1.98. The molecule has 0 rings (SSSR count). The summed E-state index contributed by atoms with van der Waals surface area (Å²) < 4.78 is 4.56. The highest BCUT2D eigenvalue weighted by molar-refractivity contribution is 5.14. The van der Waals surface area contributed by atoms with Gasteiger partial charge in [-0.05, 0) is 19.6 Å². The summed E-state index contributed by atoms with van der Waals surface area (Å²) in [6.45, 7) is 4.89. The first-order valence-electron chi connectivity index (χ1n) is 2.67. The number of allylic oxidation sites excluding steroid dienone is 1. The number of methoxy groups -OCH3 is 1. The average Bonchev–Trinajstić information content (AvgIpc) is 1.88. The largest absolute Gasteiger partial charge is 0.491 e. The highest BCUT2D eigenvalue weighted by Gasteiger charge is 2.12. The summed E-state index contributed by atoms with van der Waals surface area (Å²) in [5, 5.41) is 10.1. The molecule has 0 unspecified atom stereocenters. The molecule has 0 fully saturated rings. The van der Waals surface area contributed by atoms with Gasteiger partial charge in [-0.1, -0.05) is 0 Å². The second-order valence-corrected chi connectivity index (χ2v) is 1.56. The zero-order chi connectivity index (χ0) is 8.15. The first-order valence-corrected chi connectivity index (χ1v) is 2.67. The van der Waals surface area contributed by atoms with Crippen LogP contribution in [0.15, 0.2) is 24.1 Å². The Morgan fingerprint density at radius 2 is 2.30 bits per heavy atom. The second-order valence-electron chi connectivity index (χ2n) is 1.56. The monoisotopic (exact) mass is 143 g/mol. The highest BCUT2D eigenvalue weighted by Crippen LogP contribution is 2.07. The van der Waals surface area contributed by atoms with Gasteiger partial charge < -0.3 is 4.74 Å². The summed E-state index contributed by atoms with van der Waals surface area (Å²) in [4.78, 5) is 9.59. The zero-order valence-corrected chi connectivity index (χ0v) is 5.96. The Balaban J connectivity index is 4.39. The fraction of sp³-hybridized carbons (Fsp3) is 0.333. The van der Waals surface area contributed by atoms with Gasteiger partial charge in [0.05, 0.1) is 12.0 Å². The molecule has 4 nitrogen and oxygen atoms in total. The number of ether oxygens (including phenoxy) is 1. The summed E-state index contributed by atoms with van der Waals surface area (Å²) in [5.41, 5.74) is -0.0949. The molecule has 0 aromatic rings. The molecule has 0 aromatic carbocycles. The smallest absolute Gasteiger partial charge is 0.306 e. The van der Waals surface area contributed by atoms with E-state index in [9.17, 15) is 10.1 Å². The summed E-state index contributed by atoms with van der Waals surface area (Å²) in [6, 6.07) is 0. The maximum atomic E-state index is 10.1. The van der Waals surface area contributed by atoms with Crippen molar-refractivity contribution in [2.24, 2.45) is 0 Å². The summed E-state index contributed by atoms with van der Waals surface area (Å²) >= 11 is 0. The maximum Gasteiger partial charge on any atom is 0.306 e. The van der Waals surface area contributed by atoms with Crippen LogP contribution in [-0.4, -0.2) is 12.0 Å². The van der Waals surface area contributed by atoms with Crippen molar-refractivity contribution in [2.75, 3.05) is 7.11 Å². The Labute approximate surface area is 59.0 Å². The van der Waals surface area contributed by atoms with Gasteiger partial charge in [0.25, 0.3) is 0 Å². The van der Waals surface area contributed by atoms with E-state index in [1.807, 2.05) is 0 Å². The molecule has 0 bridgehead atoms. The highest BCUT2D eigenvalue weighted by atomic mass is 16.6. The number of rotatable bonds is 3. The van der Waals surface area contributed by atoms with Gasteiger partial charge in [-0.25, -0.2) is 0 Å². The van der Waals surface area contributed by atoms with Crippen LogP contribution in [0.4, 0.5) is 0 Å². The van der Waals surface area contributed by atoms with E-state index in [1.54, 1.807) is 6.92 Å². The van der Waals surface area contributed by atoms with Crippen LogP contribution >= 0.6 is 0 Å². The van der Waals surface area contributed by atoms with Gasteiger partial charge in [0.2, 0.25) is 0 Å². The van der Waals surface area contributed by atoms with Gasteiger partial charge in [0, 0.05) is 0 Å². The van der Waals surface area contributed by atoms with Crippen molar-refractivity contribution >= 4 is 0 Å². The van der Waals surface area contributed by atoms with Crippen LogP contribution < -0.4 is 0 Å². The molecule has 56 valence electrons. The van der Waals surface area contributed by atoms with E-state index >= 15 is 0 Å². The summed E-state index contributed by atoms with van der Waals surface area (Å²) in [6.07, 6.45) is 1.34. The maximum absolute atomic E-state index is 10.1. The van der Waals surface area contributed by atoms with Crippen molar-refractivity contribution in [3.05, 3.63) is 34.2 Å². The molecule has 0 aromatic heterocycles. The van der Waals surface area contributed by atoms with Gasteiger partial charge in [0.1, 0.15) is 0 Å². The van der Waals surface area contributed by atoms with Crippen LogP contribution in [0.25, 0.3) is 0 Å². The van der Waals surface area contributed by atoms with Crippen molar-refractivity contribution in [2.45, 2.75) is 6.92 Å². The predicted octanol–water partition coefficient (Wildman–Crippen LogP) is 1.33. The molecular formula is C6H9NO3. The third kappa shape index (κ3) is 1.89. The van der Waals surface area contributed by atoms with Gasteiger partial charge in [-0.15, -0.1) is 0 Å². The first-order chi connectivity index (χ1) is 4.63. The minimum Gasteiger partial charge on any atom is -0.491 e. The van der Waals surface area contributed by atoms with Crippen molar-refractivity contribution in [3.63, 3.8) is 0 Å². The van der Waals surface area contributed by atoms with Crippen LogP contribution in [0.1, 0.15) is 6.92 Å². The zero-order valence-electron chi connectivity index (χ0n) is 5.96. The molecule has 10 heavy (non-hydrogen) atoms. The molecule has 0 N–H and O–H groups in total. The lowest BCUT2D eigenvalue weighted by atomic mass is 10.4. The average molecular weight is 143 g/mol. The van der Waals surface area contributed by atoms with Crippen LogP contribution in [0.5, 0.6) is 0 Å². The van der Waals surface area contributed by atoms with E-state index in [2.05, 4.69) is 11.3 Å². The SMILES string of the molecule is C=C(OC)/C(=C/C)[N+](=O)[O-]. The van der Waals surface area contributed by atoms with Crippen molar-refractivity contribution in [3.8, 4) is 0 Å². The molecule has 0 atom stereocenters. The van der Waals surface area contributed by atoms with Crippen molar-refractivity contribution in [1.82, 2.24) is 0 Å². The summed E-state index contributed by atoms with van der Waals surface area (Å²) in [5.74, 6) is 0.0764. The fourth-order valence-electron chi connectivity index (χ4n) is 0.473. The van der Waals surface area contributed by atoms with Crippen molar-refractivity contribution < 1.29 is 9.66 Å². The first kappa shape index (κ1) is 8.68. The van der Waals surface area contributed by atoms with E-state index < -0.39 is 4.92 Å². The molecule has 0 aliphatic rings. The molecule has 0 saturated carbocycles. The van der Waals surface area contributed by atoms with Crippen LogP contribution in [-0.2, 0) is 4.74 Å². The molecule has 0 radical (unpaired) electrons. The third-order valence-corrected chi connectivity index (χ3v) is 1.00. The Kier molecular flexibility index (Phi) is 3.17. The lowest BCUT2D eigenvalue weighted by molar-refractivity contribution is -0.424. The fourth-order valence-corrected chi connectivity index (χ4v) is 0.473. The molecule has 0 saturated heterocycles. The molecule has 0 aliphatic heterocycles. The van der Waals surface area contributed by atoms with E-state index in [-0.39, 0.29) is 11.5 Å². The molecular weight excluding hydrogens is 134 g/mol. The number of nitrogens with zero attached hydrogens (tertiary/aromatic N) is 1. The standard InChI is InChI=1S/C6H9NO3/c1-4-6(7(8)9)5(2)10-3/h4H,2H2,1,3H3/b6-4-. The third-order valence-electron chi connectivity index (χ3n) is 1.00. The quantitative estimate of drug-likeness (QED) is 0.259. The molecule has 0 spiro atoms. The van der Waals surface area contributed by atoms with Crippen LogP contribution in [0, 0.1) is 10.1 Å². The number of hydrogen-bond acceptors (Lipinski definition) is 3. The molecule has 0 heterocycles. The minimum absolute atomic E-state index is 0.0764. The molecule has 0 amide bonds. The van der Waals surface area contributed by atoms with Crippen molar-refractivity contribution in [1.29, 1.82) is 0 Å². The second kappa shape index (κ2) is 3.66. The topological polar surface area (TPSA) is 52.4 Å². The lowest BCUT2D eigenvalue weighted by Crippen LogP contribution is -2.01. The number of nitro groups is 1. The Bertz CT molecular complexity index is 183. The molecule has 0 aliphatic carbocycles. The van der Waals surface area contributed by atoms with E-state index in [4.69, 9.17) is 0 Å².